The summed E-state index contributed by atoms with van der Waals surface area (Å²) in [5, 5.41) is 5.42. The highest BCUT2D eigenvalue weighted by Gasteiger charge is 2.16. The largest absolute Gasteiger partial charge is 0.318 e. The Morgan fingerprint density at radius 2 is 1.61 bits per heavy atom. The molecule has 2 aromatic rings. The fourth-order valence-corrected chi connectivity index (χ4v) is 2.11. The highest BCUT2D eigenvalue weighted by Crippen LogP contribution is 2.25. The molecule has 118 valence electrons. The number of carbonyl (C=O) groups excluding carboxylic acids is 3. The van der Waals surface area contributed by atoms with Crippen molar-refractivity contribution in [2.45, 2.75) is 6.92 Å². The van der Waals surface area contributed by atoms with Crippen LogP contribution in [-0.2, 0) is 9.59 Å². The number of hydrogen-bond donors (Lipinski definition) is 2. The molecule has 2 amide bonds. The number of benzene rings is 2. The Morgan fingerprint density at radius 1 is 0.913 bits per heavy atom. The fraction of sp³-hybridized carbons (Fsp3) is 0.0625. The molecule has 0 spiro atoms. The molecule has 7 heteroatoms. The summed E-state index contributed by atoms with van der Waals surface area (Å²) in [4.78, 5) is 35.1. The van der Waals surface area contributed by atoms with E-state index >= 15 is 0 Å². The van der Waals surface area contributed by atoms with Gasteiger partial charge in [0.2, 0.25) is 0 Å². The van der Waals surface area contributed by atoms with Gasteiger partial charge in [0.25, 0.3) is 0 Å². The highest BCUT2D eigenvalue weighted by molar-refractivity contribution is 6.45. The maximum Gasteiger partial charge on any atom is 0.314 e. The number of Topliss-reactive ketones (excluding diaryl/α,β-unsaturated/α-hetero) is 1. The Balaban J connectivity index is 2.08. The van der Waals surface area contributed by atoms with Crippen molar-refractivity contribution in [3.05, 3.63) is 58.1 Å². The van der Waals surface area contributed by atoms with Gasteiger partial charge in [0.05, 0.1) is 10.7 Å². The van der Waals surface area contributed by atoms with Gasteiger partial charge in [0, 0.05) is 16.3 Å². The van der Waals surface area contributed by atoms with E-state index in [0.717, 1.165) is 0 Å². The molecule has 0 aromatic heterocycles. The second kappa shape index (κ2) is 7.26. The van der Waals surface area contributed by atoms with E-state index in [1.54, 1.807) is 24.3 Å². The first-order valence-electron chi connectivity index (χ1n) is 6.55. The van der Waals surface area contributed by atoms with E-state index in [1.165, 1.54) is 25.1 Å². The molecule has 0 saturated heterocycles. The van der Waals surface area contributed by atoms with E-state index < -0.39 is 11.8 Å². The molecule has 0 heterocycles. The molecule has 0 aliphatic heterocycles. The highest BCUT2D eigenvalue weighted by atomic mass is 35.5. The molecule has 2 aromatic carbocycles. The monoisotopic (exact) mass is 350 g/mol. The number of rotatable bonds is 3. The lowest BCUT2D eigenvalue weighted by atomic mass is 10.1. The molecule has 2 N–H and O–H groups in total. The van der Waals surface area contributed by atoms with Crippen molar-refractivity contribution in [3.8, 4) is 0 Å². The second-order valence-corrected chi connectivity index (χ2v) is 5.51. The van der Waals surface area contributed by atoms with Gasteiger partial charge in [-0.15, -0.1) is 0 Å². The van der Waals surface area contributed by atoms with Crippen LogP contribution in [0.15, 0.2) is 42.5 Å². The molecule has 0 aliphatic carbocycles. The maximum absolute atomic E-state index is 11.9. The Kier molecular flexibility index (Phi) is 5.36. The van der Waals surface area contributed by atoms with Gasteiger partial charge in [-0.2, -0.15) is 0 Å². The van der Waals surface area contributed by atoms with Crippen LogP contribution in [0.2, 0.25) is 10.0 Å². The van der Waals surface area contributed by atoms with Gasteiger partial charge in [-0.1, -0.05) is 35.3 Å². The number of nitrogens with one attached hydrogen (secondary N) is 2. The molecule has 0 bridgehead atoms. The number of hydrogen-bond acceptors (Lipinski definition) is 3. The van der Waals surface area contributed by atoms with Crippen LogP contribution in [0.25, 0.3) is 0 Å². The van der Waals surface area contributed by atoms with E-state index in [1.807, 2.05) is 0 Å². The van der Waals surface area contributed by atoms with E-state index in [2.05, 4.69) is 10.6 Å². The van der Waals surface area contributed by atoms with Crippen molar-refractivity contribution in [1.29, 1.82) is 0 Å². The van der Waals surface area contributed by atoms with Crippen LogP contribution in [0.3, 0.4) is 0 Å². The van der Waals surface area contributed by atoms with Crippen LogP contribution in [0.1, 0.15) is 17.3 Å². The average molecular weight is 351 g/mol. The summed E-state index contributed by atoms with van der Waals surface area (Å²) < 4.78 is 0. The summed E-state index contributed by atoms with van der Waals surface area (Å²) in [5.41, 5.74) is 1.01. The maximum atomic E-state index is 11.9. The minimum Gasteiger partial charge on any atom is -0.318 e. The Bertz CT molecular complexity index is 791. The van der Waals surface area contributed by atoms with Crippen LogP contribution in [-0.4, -0.2) is 17.6 Å². The van der Waals surface area contributed by atoms with Crippen molar-refractivity contribution in [1.82, 2.24) is 0 Å². The molecule has 0 fully saturated rings. The van der Waals surface area contributed by atoms with E-state index in [0.29, 0.717) is 16.3 Å². The first-order valence-corrected chi connectivity index (χ1v) is 7.31. The molecule has 0 aliphatic rings. The van der Waals surface area contributed by atoms with E-state index in [4.69, 9.17) is 23.2 Å². The zero-order valence-electron chi connectivity index (χ0n) is 12.0. The number of halogens is 2. The van der Waals surface area contributed by atoms with Gasteiger partial charge < -0.3 is 10.6 Å². The summed E-state index contributed by atoms with van der Waals surface area (Å²) in [6.07, 6.45) is 0. The minimum atomic E-state index is -0.901. The smallest absolute Gasteiger partial charge is 0.314 e. The third-order valence-corrected chi connectivity index (χ3v) is 3.47. The van der Waals surface area contributed by atoms with Crippen molar-refractivity contribution < 1.29 is 14.4 Å². The van der Waals surface area contributed by atoms with Crippen molar-refractivity contribution in [2.24, 2.45) is 0 Å². The number of amides is 2. The van der Waals surface area contributed by atoms with Gasteiger partial charge >= 0.3 is 11.8 Å². The molecule has 23 heavy (non-hydrogen) atoms. The van der Waals surface area contributed by atoms with Gasteiger partial charge in [0.15, 0.2) is 5.78 Å². The molecule has 0 atom stereocenters. The number of anilines is 2. The summed E-state index contributed by atoms with van der Waals surface area (Å²) >= 11 is 11.7. The van der Waals surface area contributed by atoms with Crippen molar-refractivity contribution >= 4 is 52.2 Å². The molecule has 0 unspecified atom stereocenters. The van der Waals surface area contributed by atoms with Crippen LogP contribution < -0.4 is 10.6 Å². The lowest BCUT2D eigenvalue weighted by molar-refractivity contribution is -0.132. The molecule has 2 rings (SSSR count). The lowest BCUT2D eigenvalue weighted by Crippen LogP contribution is -2.29. The van der Waals surface area contributed by atoms with Crippen LogP contribution in [0, 0.1) is 0 Å². The average Bonchev–Trinajstić information content (AvgIpc) is 2.51. The Morgan fingerprint density at radius 3 is 2.30 bits per heavy atom. The summed E-state index contributed by atoms with van der Waals surface area (Å²) in [7, 11) is 0. The Labute approximate surface area is 142 Å². The quantitative estimate of drug-likeness (QED) is 0.653. The fourth-order valence-electron chi connectivity index (χ4n) is 1.78. The van der Waals surface area contributed by atoms with E-state index in [-0.39, 0.29) is 16.5 Å². The number of carbonyl (C=O) groups is 3. The second-order valence-electron chi connectivity index (χ2n) is 4.67. The zero-order valence-corrected chi connectivity index (χ0v) is 13.5. The SMILES string of the molecule is CC(=O)c1cccc(NC(=O)C(=O)Nc2cc(Cl)ccc2Cl)c1. The van der Waals surface area contributed by atoms with Gasteiger partial charge in [-0.25, -0.2) is 0 Å². The molecule has 0 radical (unpaired) electrons. The molecular weight excluding hydrogens is 339 g/mol. The van der Waals surface area contributed by atoms with Crippen LogP contribution >= 0.6 is 23.2 Å². The number of ketones is 1. The van der Waals surface area contributed by atoms with Crippen molar-refractivity contribution in [3.63, 3.8) is 0 Å². The normalized spacial score (nSPS) is 10.0. The Hall–Kier alpha value is -2.37. The first kappa shape index (κ1) is 17.0. The van der Waals surface area contributed by atoms with E-state index in [9.17, 15) is 14.4 Å². The first-order chi connectivity index (χ1) is 10.9. The molecule has 5 nitrogen and oxygen atoms in total. The standard InChI is InChI=1S/C16H12Cl2N2O3/c1-9(21)10-3-2-4-12(7-10)19-15(22)16(23)20-14-8-11(17)5-6-13(14)18/h2-8H,1H3,(H,19,22)(H,20,23). The molecular formula is C16H12Cl2N2O3. The third kappa shape index (κ3) is 4.55. The summed E-state index contributed by atoms with van der Waals surface area (Å²) in [6.45, 7) is 1.41. The van der Waals surface area contributed by atoms with Crippen LogP contribution in [0.5, 0.6) is 0 Å². The minimum absolute atomic E-state index is 0.142. The van der Waals surface area contributed by atoms with Crippen molar-refractivity contribution in [2.75, 3.05) is 10.6 Å². The molecule has 0 saturated carbocycles. The van der Waals surface area contributed by atoms with Gasteiger partial charge in [-0.3, -0.25) is 14.4 Å². The van der Waals surface area contributed by atoms with Gasteiger partial charge in [-0.05, 0) is 37.3 Å². The zero-order chi connectivity index (χ0) is 17.0. The predicted molar refractivity (Wildman–Crippen MR) is 90.2 cm³/mol. The lowest BCUT2D eigenvalue weighted by Gasteiger charge is -2.09. The topological polar surface area (TPSA) is 75.3 Å². The summed E-state index contributed by atoms with van der Waals surface area (Å²) in [6, 6.07) is 10.8. The summed E-state index contributed by atoms with van der Waals surface area (Å²) in [5.74, 6) is -1.93. The van der Waals surface area contributed by atoms with Gasteiger partial charge in [0.1, 0.15) is 0 Å². The van der Waals surface area contributed by atoms with Crippen LogP contribution in [0.4, 0.5) is 11.4 Å². The predicted octanol–water partition coefficient (Wildman–Crippen LogP) is 3.77. The third-order valence-electron chi connectivity index (χ3n) is 2.91.